The van der Waals surface area contributed by atoms with Gasteiger partial charge in [-0.1, -0.05) is 27.7 Å². The number of sulfone groups is 2. The second-order valence-corrected chi connectivity index (χ2v) is 9.84. The van der Waals surface area contributed by atoms with Gasteiger partial charge in [-0.25, -0.2) is 16.8 Å². The molecule has 2 N–H and O–H groups in total. The van der Waals surface area contributed by atoms with Crippen molar-refractivity contribution in [2.45, 2.75) is 40.5 Å². The molecule has 2 amide bonds. The Hall–Kier alpha value is -1.88. The first-order valence-electron chi connectivity index (χ1n) is 8.66. The van der Waals surface area contributed by atoms with Gasteiger partial charge in [-0.3, -0.25) is 9.59 Å². The van der Waals surface area contributed by atoms with Crippen molar-refractivity contribution in [3.63, 3.8) is 0 Å². The van der Waals surface area contributed by atoms with Gasteiger partial charge in [0.05, 0.1) is 23.7 Å². The highest BCUT2D eigenvalue weighted by atomic mass is 32.2. The van der Waals surface area contributed by atoms with Crippen LogP contribution in [0.5, 0.6) is 0 Å². The summed E-state index contributed by atoms with van der Waals surface area (Å²) in [5.74, 6) is -2.32. The smallest absolute Gasteiger partial charge is 0.248 e. The highest BCUT2D eigenvalue weighted by Gasteiger charge is 2.27. The second kappa shape index (κ2) is 11.8. The summed E-state index contributed by atoms with van der Waals surface area (Å²) in [6, 6.07) is 0. The van der Waals surface area contributed by atoms with Crippen LogP contribution in [-0.2, 0) is 34.0 Å². The molecule has 0 aromatic rings. The van der Waals surface area contributed by atoms with Gasteiger partial charge in [0.2, 0.25) is 41.7 Å². The van der Waals surface area contributed by atoms with Crippen LogP contribution >= 0.6 is 0 Å². The van der Waals surface area contributed by atoms with E-state index in [0.29, 0.717) is 38.1 Å². The normalized spacial score (nSPS) is 13.2. The molecule has 0 aromatic carbocycles. The summed E-state index contributed by atoms with van der Waals surface area (Å²) < 4.78 is 54.0. The Bertz CT molecular complexity index is 716. The Morgan fingerprint density at radius 3 is 1.33 bits per heavy atom. The minimum atomic E-state index is -4.06. The molecule has 0 aliphatic carbocycles. The quantitative estimate of drug-likeness (QED) is 0.346. The maximum Gasteiger partial charge on any atom is 0.248 e. The molecule has 0 heterocycles. The van der Waals surface area contributed by atoms with Gasteiger partial charge in [0.1, 0.15) is 0 Å². The molecule has 0 fully saturated rings. The third-order valence-corrected chi connectivity index (χ3v) is 6.32. The van der Waals surface area contributed by atoms with Crippen molar-refractivity contribution in [3.8, 4) is 0 Å². The van der Waals surface area contributed by atoms with E-state index in [-0.39, 0.29) is 0 Å². The van der Waals surface area contributed by atoms with Crippen LogP contribution in [0.15, 0.2) is 22.3 Å². The lowest BCUT2D eigenvalue weighted by Gasteiger charge is -2.13. The van der Waals surface area contributed by atoms with E-state index >= 15 is 0 Å². The lowest BCUT2D eigenvalue weighted by molar-refractivity contribution is -0.117. The van der Waals surface area contributed by atoms with Crippen LogP contribution in [0.25, 0.3) is 0 Å². The molecule has 0 aliphatic rings. The average Bonchev–Trinajstić information content (AvgIpc) is 2.63. The number of ether oxygens (including phenoxy) is 1. The highest BCUT2D eigenvalue weighted by Crippen LogP contribution is 2.19. The van der Waals surface area contributed by atoms with Gasteiger partial charge in [0.25, 0.3) is 0 Å². The molecular formula is C16H28N2O7S2. The molecule has 0 atom stereocenters. The van der Waals surface area contributed by atoms with Gasteiger partial charge < -0.3 is 15.4 Å². The minimum absolute atomic E-state index is 0.310. The Morgan fingerprint density at radius 2 is 1.07 bits per heavy atom. The summed E-state index contributed by atoms with van der Waals surface area (Å²) in [6.45, 7) is 6.89. The maximum absolute atomic E-state index is 12.2. The molecule has 0 spiro atoms. The van der Waals surface area contributed by atoms with Crippen LogP contribution in [0.2, 0.25) is 0 Å². The van der Waals surface area contributed by atoms with Crippen molar-refractivity contribution < 1.29 is 31.2 Å². The van der Waals surface area contributed by atoms with Crippen molar-refractivity contribution in [2.75, 3.05) is 24.6 Å². The Labute approximate surface area is 161 Å². The first kappa shape index (κ1) is 25.1. The molecule has 0 radical (unpaired) electrons. The topological polar surface area (TPSA) is 136 Å². The third-order valence-electron chi connectivity index (χ3n) is 3.17. The fraction of sp³-hybridized carbons (Fsp3) is 0.625. The first-order chi connectivity index (χ1) is 12.5. The lowest BCUT2D eigenvalue weighted by atomic mass is 10.4. The van der Waals surface area contributed by atoms with Crippen molar-refractivity contribution in [2.24, 2.45) is 0 Å². The summed E-state index contributed by atoms with van der Waals surface area (Å²) in [7, 11) is -8.11. The van der Waals surface area contributed by atoms with Gasteiger partial charge in [-0.15, -0.1) is 0 Å². The minimum Gasteiger partial charge on any atom is -0.433 e. The zero-order chi connectivity index (χ0) is 21.1. The number of hydrogen-bond acceptors (Lipinski definition) is 7. The Morgan fingerprint density at radius 1 is 0.741 bits per heavy atom. The van der Waals surface area contributed by atoms with E-state index in [1.54, 1.807) is 0 Å². The number of amides is 2. The van der Waals surface area contributed by atoms with Gasteiger partial charge >= 0.3 is 0 Å². The van der Waals surface area contributed by atoms with Crippen LogP contribution in [0.4, 0.5) is 0 Å². The summed E-state index contributed by atoms with van der Waals surface area (Å²) in [5.41, 5.74) is 0. The summed E-state index contributed by atoms with van der Waals surface area (Å²) in [6.07, 6.45) is 2.61. The SMILES string of the molecule is CCCNC(=O)C=C(OC(=CC(=O)NCCC)S(=O)(=O)CC)S(=O)(=O)CC. The molecule has 0 unspecified atom stereocenters. The second-order valence-electron chi connectivity index (χ2n) is 5.42. The largest absolute Gasteiger partial charge is 0.433 e. The van der Waals surface area contributed by atoms with Crippen molar-refractivity contribution in [1.29, 1.82) is 0 Å². The van der Waals surface area contributed by atoms with Crippen LogP contribution in [0.3, 0.4) is 0 Å². The van der Waals surface area contributed by atoms with Gasteiger partial charge in [0, 0.05) is 13.1 Å². The molecule has 0 rings (SSSR count). The zero-order valence-corrected chi connectivity index (χ0v) is 17.7. The fourth-order valence-corrected chi connectivity index (χ4v) is 3.19. The van der Waals surface area contributed by atoms with Crippen LogP contribution < -0.4 is 10.6 Å². The number of carbonyl (C=O) groups excluding carboxylic acids is 2. The monoisotopic (exact) mass is 424 g/mol. The van der Waals surface area contributed by atoms with Gasteiger partial charge in [-0.2, -0.15) is 0 Å². The van der Waals surface area contributed by atoms with Crippen molar-refractivity contribution in [3.05, 3.63) is 22.3 Å². The Kier molecular flexibility index (Phi) is 10.9. The van der Waals surface area contributed by atoms with Gasteiger partial charge in [0.15, 0.2) is 0 Å². The first-order valence-corrected chi connectivity index (χ1v) is 12.0. The van der Waals surface area contributed by atoms with E-state index in [2.05, 4.69) is 10.6 Å². The molecule has 11 heteroatoms. The number of rotatable bonds is 12. The number of hydrogen-bond donors (Lipinski definition) is 2. The fourth-order valence-electron chi connectivity index (χ4n) is 1.56. The van der Waals surface area contributed by atoms with E-state index < -0.39 is 53.2 Å². The Balaban J connectivity index is 6.00. The highest BCUT2D eigenvalue weighted by molar-refractivity contribution is 7.96. The molecule has 9 nitrogen and oxygen atoms in total. The van der Waals surface area contributed by atoms with E-state index in [9.17, 15) is 26.4 Å². The summed E-state index contributed by atoms with van der Waals surface area (Å²) in [4.78, 5) is 23.7. The molecule has 0 aliphatic heterocycles. The molecule has 27 heavy (non-hydrogen) atoms. The maximum atomic E-state index is 12.2. The molecule has 0 saturated heterocycles. The van der Waals surface area contributed by atoms with Crippen LogP contribution in [-0.4, -0.2) is 53.2 Å². The van der Waals surface area contributed by atoms with Crippen LogP contribution in [0.1, 0.15) is 40.5 Å². The molecule has 0 aromatic heterocycles. The van der Waals surface area contributed by atoms with Crippen LogP contribution in [0, 0.1) is 0 Å². The molecule has 156 valence electrons. The molecular weight excluding hydrogens is 396 g/mol. The van der Waals surface area contributed by atoms with E-state index in [1.165, 1.54) is 13.8 Å². The zero-order valence-electron chi connectivity index (χ0n) is 16.1. The molecule has 0 saturated carbocycles. The number of carbonyl (C=O) groups is 2. The van der Waals surface area contributed by atoms with E-state index in [1.807, 2.05) is 13.8 Å². The lowest BCUT2D eigenvalue weighted by Crippen LogP contribution is -2.26. The van der Waals surface area contributed by atoms with E-state index in [4.69, 9.17) is 4.74 Å². The van der Waals surface area contributed by atoms with Crippen molar-refractivity contribution in [1.82, 2.24) is 10.6 Å². The molecule has 0 bridgehead atoms. The predicted octanol–water partition coefficient (Wildman–Crippen LogP) is 0.608. The summed E-state index contributed by atoms with van der Waals surface area (Å²) >= 11 is 0. The standard InChI is InChI=1S/C16H28N2O7S2/c1-5-9-17-13(19)11-15(26(21,22)7-3)25-16(27(23,24)8-4)12-14(20)18-10-6-2/h11-12H,5-10H2,1-4H3,(H,17,19)(H,18,20). The summed E-state index contributed by atoms with van der Waals surface area (Å²) in [5, 5.41) is 3.23. The average molecular weight is 425 g/mol. The number of nitrogens with one attached hydrogen (secondary N) is 2. The predicted molar refractivity (Wildman–Crippen MR) is 103 cm³/mol. The van der Waals surface area contributed by atoms with E-state index in [0.717, 1.165) is 0 Å². The van der Waals surface area contributed by atoms with Gasteiger partial charge in [-0.05, 0) is 12.8 Å². The third kappa shape index (κ3) is 9.05. The van der Waals surface area contributed by atoms with Crippen molar-refractivity contribution >= 4 is 31.5 Å².